The van der Waals surface area contributed by atoms with Gasteiger partial charge in [0.25, 0.3) is 5.91 Å². The standard InChI is InChI=1S/C9H13ClN2O2/c1-6(11-2)5-12-9(13)7-3-4-8(10)14-7/h3-4,6,11H,5H2,1-2H3,(H,12,13). The lowest BCUT2D eigenvalue weighted by Gasteiger charge is -2.09. The summed E-state index contributed by atoms with van der Waals surface area (Å²) in [5.74, 6) is -0.0164. The number of hydrogen-bond acceptors (Lipinski definition) is 3. The van der Waals surface area contributed by atoms with Crippen LogP contribution in [0.2, 0.25) is 5.22 Å². The highest BCUT2D eigenvalue weighted by atomic mass is 35.5. The van der Waals surface area contributed by atoms with Crippen molar-refractivity contribution >= 4 is 17.5 Å². The molecule has 0 aliphatic carbocycles. The van der Waals surface area contributed by atoms with Gasteiger partial charge in [-0.05, 0) is 37.7 Å². The number of carbonyl (C=O) groups is 1. The Labute approximate surface area is 87.6 Å². The van der Waals surface area contributed by atoms with Crippen molar-refractivity contribution in [1.82, 2.24) is 10.6 Å². The van der Waals surface area contributed by atoms with Crippen LogP contribution >= 0.6 is 11.6 Å². The Hall–Kier alpha value is -1.00. The van der Waals surface area contributed by atoms with Crippen molar-refractivity contribution < 1.29 is 9.21 Å². The van der Waals surface area contributed by atoms with Crippen LogP contribution in [0.3, 0.4) is 0 Å². The fourth-order valence-electron chi connectivity index (χ4n) is 0.871. The van der Waals surface area contributed by atoms with Crippen molar-refractivity contribution in [3.05, 3.63) is 23.1 Å². The molecule has 0 bridgehead atoms. The van der Waals surface area contributed by atoms with Gasteiger partial charge in [0.2, 0.25) is 0 Å². The van der Waals surface area contributed by atoms with Gasteiger partial charge >= 0.3 is 0 Å². The number of nitrogens with one attached hydrogen (secondary N) is 2. The summed E-state index contributed by atoms with van der Waals surface area (Å²) in [6.45, 7) is 2.52. The van der Waals surface area contributed by atoms with Crippen LogP contribution in [0.15, 0.2) is 16.5 Å². The molecule has 5 heteroatoms. The molecule has 1 atom stereocenters. The van der Waals surface area contributed by atoms with E-state index in [1.54, 1.807) is 6.07 Å². The van der Waals surface area contributed by atoms with E-state index >= 15 is 0 Å². The molecule has 0 saturated heterocycles. The van der Waals surface area contributed by atoms with Gasteiger partial charge in [-0.15, -0.1) is 0 Å². The fourth-order valence-corrected chi connectivity index (χ4v) is 1.02. The molecule has 0 aromatic carbocycles. The van der Waals surface area contributed by atoms with Gasteiger partial charge in [0, 0.05) is 12.6 Å². The highest BCUT2D eigenvalue weighted by Crippen LogP contribution is 2.12. The molecule has 0 radical (unpaired) electrons. The number of amides is 1. The van der Waals surface area contributed by atoms with Gasteiger partial charge in [-0.3, -0.25) is 4.79 Å². The van der Waals surface area contributed by atoms with Gasteiger partial charge in [-0.1, -0.05) is 0 Å². The highest BCUT2D eigenvalue weighted by molar-refractivity contribution is 6.29. The molecule has 0 spiro atoms. The Morgan fingerprint density at radius 2 is 2.36 bits per heavy atom. The summed E-state index contributed by atoms with van der Waals surface area (Å²) in [6.07, 6.45) is 0. The predicted octanol–water partition coefficient (Wildman–Crippen LogP) is 1.27. The van der Waals surface area contributed by atoms with Gasteiger partial charge in [0.15, 0.2) is 11.0 Å². The molecule has 0 fully saturated rings. The first-order valence-electron chi connectivity index (χ1n) is 4.34. The minimum atomic E-state index is -0.251. The lowest BCUT2D eigenvalue weighted by atomic mass is 10.3. The van der Waals surface area contributed by atoms with Crippen LogP contribution in [0.25, 0.3) is 0 Å². The van der Waals surface area contributed by atoms with Crippen LogP contribution in [0.4, 0.5) is 0 Å². The number of rotatable bonds is 4. The number of furan rings is 1. The van der Waals surface area contributed by atoms with Gasteiger partial charge < -0.3 is 15.1 Å². The molecular weight excluding hydrogens is 204 g/mol. The summed E-state index contributed by atoms with van der Waals surface area (Å²) in [5, 5.41) is 5.93. The van der Waals surface area contributed by atoms with E-state index < -0.39 is 0 Å². The number of halogens is 1. The Morgan fingerprint density at radius 3 is 2.86 bits per heavy atom. The average Bonchev–Trinajstić information content (AvgIpc) is 2.60. The molecule has 78 valence electrons. The number of carbonyl (C=O) groups excluding carboxylic acids is 1. The van der Waals surface area contributed by atoms with Gasteiger partial charge in [0.05, 0.1) is 0 Å². The summed E-state index contributed by atoms with van der Waals surface area (Å²) in [4.78, 5) is 11.4. The lowest BCUT2D eigenvalue weighted by Crippen LogP contribution is -2.36. The zero-order valence-corrected chi connectivity index (χ0v) is 8.89. The molecule has 1 aromatic heterocycles. The topological polar surface area (TPSA) is 54.3 Å². The van der Waals surface area contributed by atoms with E-state index in [1.807, 2.05) is 14.0 Å². The third kappa shape index (κ3) is 3.05. The van der Waals surface area contributed by atoms with E-state index in [4.69, 9.17) is 16.0 Å². The smallest absolute Gasteiger partial charge is 0.287 e. The number of hydrogen-bond donors (Lipinski definition) is 2. The van der Waals surface area contributed by atoms with Crippen molar-refractivity contribution in [3.8, 4) is 0 Å². The zero-order chi connectivity index (χ0) is 10.6. The SMILES string of the molecule is CNC(C)CNC(=O)c1ccc(Cl)o1. The first-order chi connectivity index (χ1) is 6.63. The van der Waals surface area contributed by atoms with E-state index in [9.17, 15) is 4.79 Å². The molecule has 4 nitrogen and oxygen atoms in total. The van der Waals surface area contributed by atoms with E-state index in [0.717, 1.165) is 0 Å². The molecule has 0 saturated carbocycles. The minimum absolute atomic E-state index is 0.219. The van der Waals surface area contributed by atoms with E-state index in [-0.39, 0.29) is 22.9 Å². The van der Waals surface area contributed by atoms with Crippen LogP contribution < -0.4 is 10.6 Å². The van der Waals surface area contributed by atoms with Crippen molar-refractivity contribution in [3.63, 3.8) is 0 Å². The predicted molar refractivity (Wildman–Crippen MR) is 54.6 cm³/mol. The van der Waals surface area contributed by atoms with Crippen LogP contribution in [0, 0.1) is 0 Å². The molecule has 1 aromatic rings. The quantitative estimate of drug-likeness (QED) is 0.797. The fraction of sp³-hybridized carbons (Fsp3) is 0.444. The molecule has 1 rings (SSSR count). The molecule has 0 aliphatic heterocycles. The normalized spacial score (nSPS) is 12.5. The zero-order valence-electron chi connectivity index (χ0n) is 8.13. The molecule has 1 unspecified atom stereocenters. The maximum Gasteiger partial charge on any atom is 0.287 e. The van der Waals surface area contributed by atoms with Gasteiger partial charge in [-0.25, -0.2) is 0 Å². The molecule has 2 N–H and O–H groups in total. The minimum Gasteiger partial charge on any atom is -0.440 e. The maximum atomic E-state index is 11.4. The second-order valence-electron chi connectivity index (χ2n) is 3.00. The van der Waals surface area contributed by atoms with E-state index in [0.29, 0.717) is 6.54 Å². The van der Waals surface area contributed by atoms with Crippen LogP contribution in [-0.4, -0.2) is 25.5 Å². The van der Waals surface area contributed by atoms with Gasteiger partial charge in [-0.2, -0.15) is 0 Å². The molecular formula is C9H13ClN2O2. The average molecular weight is 217 g/mol. The summed E-state index contributed by atoms with van der Waals surface area (Å²) < 4.78 is 4.94. The van der Waals surface area contributed by atoms with Crippen molar-refractivity contribution in [2.24, 2.45) is 0 Å². The van der Waals surface area contributed by atoms with Crippen molar-refractivity contribution in [2.75, 3.05) is 13.6 Å². The summed E-state index contributed by atoms with van der Waals surface area (Å²) in [5.41, 5.74) is 0. The third-order valence-corrected chi connectivity index (χ3v) is 2.06. The second kappa shape index (κ2) is 5.02. The maximum absolute atomic E-state index is 11.4. The second-order valence-corrected chi connectivity index (χ2v) is 3.38. The first kappa shape index (κ1) is 11.1. The summed E-state index contributed by atoms with van der Waals surface area (Å²) in [7, 11) is 1.83. The van der Waals surface area contributed by atoms with E-state index in [2.05, 4.69) is 10.6 Å². The molecule has 0 aliphatic rings. The van der Waals surface area contributed by atoms with Crippen LogP contribution in [-0.2, 0) is 0 Å². The highest BCUT2D eigenvalue weighted by Gasteiger charge is 2.10. The van der Waals surface area contributed by atoms with E-state index in [1.165, 1.54) is 6.07 Å². The van der Waals surface area contributed by atoms with Crippen LogP contribution in [0.1, 0.15) is 17.5 Å². The van der Waals surface area contributed by atoms with Crippen LogP contribution in [0.5, 0.6) is 0 Å². The Bertz CT molecular complexity index is 312. The van der Waals surface area contributed by atoms with Crippen molar-refractivity contribution in [2.45, 2.75) is 13.0 Å². The Balaban J connectivity index is 2.43. The molecule has 1 heterocycles. The number of likely N-dealkylation sites (N-methyl/N-ethyl adjacent to an activating group) is 1. The Morgan fingerprint density at radius 1 is 1.64 bits per heavy atom. The third-order valence-electron chi connectivity index (χ3n) is 1.86. The summed E-state index contributed by atoms with van der Waals surface area (Å²) in [6, 6.07) is 3.31. The summed E-state index contributed by atoms with van der Waals surface area (Å²) >= 11 is 5.54. The molecule has 1 amide bonds. The monoisotopic (exact) mass is 216 g/mol. The lowest BCUT2D eigenvalue weighted by molar-refractivity contribution is 0.0923. The van der Waals surface area contributed by atoms with Crippen molar-refractivity contribution in [1.29, 1.82) is 0 Å². The molecule has 14 heavy (non-hydrogen) atoms. The Kier molecular flexibility index (Phi) is 3.98. The van der Waals surface area contributed by atoms with Gasteiger partial charge in [0.1, 0.15) is 0 Å². The first-order valence-corrected chi connectivity index (χ1v) is 4.72. The largest absolute Gasteiger partial charge is 0.440 e.